The van der Waals surface area contributed by atoms with Gasteiger partial charge in [-0.25, -0.2) is 13.6 Å². The molecule has 0 saturated heterocycles. The predicted octanol–water partition coefficient (Wildman–Crippen LogP) is 3.23. The Bertz CT molecular complexity index is 877. The number of hydrogen-bond donors (Lipinski definition) is 3. The quantitative estimate of drug-likeness (QED) is 0.622. The third-order valence-electron chi connectivity index (χ3n) is 4.66. The molecule has 0 spiro atoms. The number of nitrogens with one attached hydrogen (secondary N) is 2. The van der Waals surface area contributed by atoms with Crippen molar-refractivity contribution in [1.82, 2.24) is 5.32 Å². The van der Waals surface area contributed by atoms with Crippen molar-refractivity contribution in [2.24, 2.45) is 5.14 Å². The summed E-state index contributed by atoms with van der Waals surface area (Å²) in [5.41, 5.74) is 1.24. The summed E-state index contributed by atoms with van der Waals surface area (Å²) >= 11 is 5.98. The highest BCUT2D eigenvalue weighted by molar-refractivity contribution is 7.89. The van der Waals surface area contributed by atoms with E-state index in [2.05, 4.69) is 24.5 Å². The van der Waals surface area contributed by atoms with Gasteiger partial charge in [0.2, 0.25) is 15.9 Å². The fourth-order valence-electron chi connectivity index (χ4n) is 2.96. The highest BCUT2D eigenvalue weighted by atomic mass is 35.5. The second-order valence-corrected chi connectivity index (χ2v) is 8.27. The molecule has 2 rings (SSSR count). The summed E-state index contributed by atoms with van der Waals surface area (Å²) < 4.78 is 22.5. The molecule has 0 saturated carbocycles. The molecule has 0 bridgehead atoms. The lowest BCUT2D eigenvalue weighted by molar-refractivity contribution is -0.115. The Kier molecular flexibility index (Phi) is 7.00. The maximum atomic E-state index is 12.3. The van der Waals surface area contributed by atoms with Crippen molar-refractivity contribution in [3.05, 3.63) is 59.1 Å². The van der Waals surface area contributed by atoms with Crippen LogP contribution in [-0.2, 0) is 20.4 Å². The molecule has 0 radical (unpaired) electrons. The molecule has 0 aromatic heterocycles. The van der Waals surface area contributed by atoms with Crippen molar-refractivity contribution in [3.8, 4) is 0 Å². The SMILES string of the molecule is CCC(CC)(NCC(=O)Nc1ccc(S(N)(=O)=O)cc1)c1ccc(Cl)cc1. The molecule has 0 heterocycles. The second-order valence-electron chi connectivity index (χ2n) is 6.27. The van der Waals surface area contributed by atoms with Gasteiger partial charge >= 0.3 is 0 Å². The number of amides is 1. The van der Waals surface area contributed by atoms with Crippen LogP contribution in [0.3, 0.4) is 0 Å². The molecule has 146 valence electrons. The van der Waals surface area contributed by atoms with Crippen molar-refractivity contribution in [1.29, 1.82) is 0 Å². The first-order valence-corrected chi connectivity index (χ1v) is 10.6. The Morgan fingerprint density at radius 2 is 1.59 bits per heavy atom. The number of rotatable bonds is 8. The van der Waals surface area contributed by atoms with Crippen LogP contribution in [0.15, 0.2) is 53.4 Å². The Hall–Kier alpha value is -1.93. The average Bonchev–Trinajstić information content (AvgIpc) is 2.64. The van der Waals surface area contributed by atoms with E-state index in [1.807, 2.05) is 24.3 Å². The molecule has 6 nitrogen and oxygen atoms in total. The Labute approximate surface area is 165 Å². The normalized spacial score (nSPS) is 12.0. The van der Waals surface area contributed by atoms with Gasteiger partial charge in [-0.3, -0.25) is 10.1 Å². The van der Waals surface area contributed by atoms with Crippen LogP contribution in [0, 0.1) is 0 Å². The number of primary sulfonamides is 1. The van der Waals surface area contributed by atoms with Crippen LogP contribution < -0.4 is 15.8 Å². The van der Waals surface area contributed by atoms with Crippen molar-refractivity contribution in [2.45, 2.75) is 37.1 Å². The van der Waals surface area contributed by atoms with E-state index >= 15 is 0 Å². The van der Waals surface area contributed by atoms with Gasteiger partial charge in [0, 0.05) is 16.2 Å². The van der Waals surface area contributed by atoms with Crippen LogP contribution in [0.5, 0.6) is 0 Å². The summed E-state index contributed by atoms with van der Waals surface area (Å²) in [5, 5.41) is 11.8. The highest BCUT2D eigenvalue weighted by Gasteiger charge is 2.28. The third-order valence-corrected chi connectivity index (χ3v) is 5.84. The molecular weight excluding hydrogens is 386 g/mol. The summed E-state index contributed by atoms with van der Waals surface area (Å²) in [5.74, 6) is -0.224. The van der Waals surface area contributed by atoms with Gasteiger partial charge in [0.05, 0.1) is 11.4 Å². The van der Waals surface area contributed by atoms with Gasteiger partial charge in [-0.15, -0.1) is 0 Å². The second kappa shape index (κ2) is 8.84. The predicted molar refractivity (Wildman–Crippen MR) is 108 cm³/mol. The molecule has 4 N–H and O–H groups in total. The molecule has 0 atom stereocenters. The van der Waals surface area contributed by atoms with Crippen molar-refractivity contribution in [3.63, 3.8) is 0 Å². The molecule has 0 unspecified atom stereocenters. The van der Waals surface area contributed by atoms with Gasteiger partial charge in [0.25, 0.3) is 0 Å². The van der Waals surface area contributed by atoms with Gasteiger partial charge < -0.3 is 5.32 Å². The minimum absolute atomic E-state index is 0.00246. The molecule has 27 heavy (non-hydrogen) atoms. The van der Waals surface area contributed by atoms with Gasteiger partial charge in [-0.2, -0.15) is 0 Å². The molecule has 0 fully saturated rings. The summed E-state index contributed by atoms with van der Waals surface area (Å²) in [6.45, 7) is 4.24. The van der Waals surface area contributed by atoms with Crippen LogP contribution in [0.2, 0.25) is 5.02 Å². The highest BCUT2D eigenvalue weighted by Crippen LogP contribution is 2.29. The number of carbonyl (C=O) groups excluding carboxylic acids is 1. The van der Waals surface area contributed by atoms with Crippen LogP contribution in [0.25, 0.3) is 0 Å². The van der Waals surface area contributed by atoms with E-state index in [4.69, 9.17) is 16.7 Å². The van der Waals surface area contributed by atoms with Gasteiger partial charge in [-0.1, -0.05) is 37.6 Å². The fraction of sp³-hybridized carbons (Fsp3) is 0.316. The molecule has 0 aliphatic heterocycles. The maximum absolute atomic E-state index is 12.3. The van der Waals surface area contributed by atoms with Crippen LogP contribution in [0.4, 0.5) is 5.69 Å². The summed E-state index contributed by atoms with van der Waals surface area (Å²) in [7, 11) is -3.75. The summed E-state index contributed by atoms with van der Waals surface area (Å²) in [6, 6.07) is 13.3. The topological polar surface area (TPSA) is 101 Å². The van der Waals surface area contributed by atoms with E-state index in [1.54, 1.807) is 0 Å². The summed E-state index contributed by atoms with van der Waals surface area (Å²) in [4.78, 5) is 12.3. The van der Waals surface area contributed by atoms with Crippen molar-refractivity contribution >= 4 is 33.2 Å². The zero-order chi connectivity index (χ0) is 20.1. The van der Waals surface area contributed by atoms with E-state index < -0.39 is 10.0 Å². The van der Waals surface area contributed by atoms with Crippen LogP contribution >= 0.6 is 11.6 Å². The number of hydrogen-bond acceptors (Lipinski definition) is 4. The number of benzene rings is 2. The minimum atomic E-state index is -3.75. The molecule has 0 aliphatic rings. The maximum Gasteiger partial charge on any atom is 0.238 e. The smallest absolute Gasteiger partial charge is 0.238 e. The van der Waals surface area contributed by atoms with Crippen molar-refractivity contribution in [2.75, 3.05) is 11.9 Å². The monoisotopic (exact) mass is 409 g/mol. The largest absolute Gasteiger partial charge is 0.325 e. The van der Waals surface area contributed by atoms with E-state index in [0.29, 0.717) is 10.7 Å². The van der Waals surface area contributed by atoms with E-state index in [-0.39, 0.29) is 22.9 Å². The molecular formula is C19H24ClN3O3S. The molecule has 1 amide bonds. The standard InChI is InChI=1S/C19H24ClN3O3S/c1-3-19(4-2,14-5-7-15(20)8-6-14)22-13-18(24)23-16-9-11-17(12-10-16)27(21,25)26/h5-12,22H,3-4,13H2,1-2H3,(H,23,24)(H2,21,25,26). The third kappa shape index (κ3) is 5.52. The fourth-order valence-corrected chi connectivity index (χ4v) is 3.60. The van der Waals surface area contributed by atoms with Gasteiger partial charge in [0.1, 0.15) is 0 Å². The lowest BCUT2D eigenvalue weighted by atomic mass is 9.84. The number of carbonyl (C=O) groups is 1. The van der Waals surface area contributed by atoms with E-state index in [0.717, 1.165) is 18.4 Å². The number of halogens is 1. The first-order chi connectivity index (χ1) is 12.7. The van der Waals surface area contributed by atoms with Crippen LogP contribution in [0.1, 0.15) is 32.3 Å². The Balaban J connectivity index is 2.04. The Morgan fingerprint density at radius 1 is 1.04 bits per heavy atom. The molecule has 2 aromatic carbocycles. The molecule has 8 heteroatoms. The lowest BCUT2D eigenvalue weighted by Gasteiger charge is -2.33. The molecule has 2 aromatic rings. The first kappa shape index (κ1) is 21.4. The summed E-state index contributed by atoms with van der Waals surface area (Å²) in [6.07, 6.45) is 1.61. The van der Waals surface area contributed by atoms with E-state index in [9.17, 15) is 13.2 Å². The number of sulfonamides is 1. The Morgan fingerprint density at radius 3 is 2.07 bits per heavy atom. The van der Waals surface area contributed by atoms with Gasteiger partial charge in [-0.05, 0) is 54.8 Å². The van der Waals surface area contributed by atoms with Crippen molar-refractivity contribution < 1.29 is 13.2 Å². The lowest BCUT2D eigenvalue weighted by Crippen LogP contribution is -2.45. The average molecular weight is 410 g/mol. The number of anilines is 1. The number of nitrogens with two attached hydrogens (primary N) is 1. The van der Waals surface area contributed by atoms with Gasteiger partial charge in [0.15, 0.2) is 0 Å². The zero-order valence-electron chi connectivity index (χ0n) is 15.3. The van der Waals surface area contributed by atoms with E-state index in [1.165, 1.54) is 24.3 Å². The van der Waals surface area contributed by atoms with Crippen LogP contribution in [-0.4, -0.2) is 20.9 Å². The zero-order valence-corrected chi connectivity index (χ0v) is 16.9. The minimum Gasteiger partial charge on any atom is -0.325 e. The molecule has 0 aliphatic carbocycles. The first-order valence-electron chi connectivity index (χ1n) is 8.64.